The van der Waals surface area contributed by atoms with Crippen molar-refractivity contribution in [2.75, 3.05) is 0 Å². The van der Waals surface area contributed by atoms with Crippen LogP contribution in [0.15, 0.2) is 35.8 Å². The number of H-pyrrole nitrogens is 1. The van der Waals surface area contributed by atoms with E-state index >= 15 is 0 Å². The Hall–Kier alpha value is -1.74. The van der Waals surface area contributed by atoms with Crippen molar-refractivity contribution in [3.63, 3.8) is 0 Å². The van der Waals surface area contributed by atoms with Crippen LogP contribution >= 0.6 is 33.9 Å². The van der Waals surface area contributed by atoms with Crippen LogP contribution in [-0.2, 0) is 0 Å². The Labute approximate surface area is 130 Å². The molecule has 0 aliphatic heterocycles. The Morgan fingerprint density at radius 3 is 2.85 bits per heavy atom. The van der Waals surface area contributed by atoms with Crippen LogP contribution in [0.3, 0.4) is 0 Å². The van der Waals surface area contributed by atoms with E-state index in [1.54, 1.807) is 23.6 Å². The Morgan fingerprint density at radius 1 is 1.40 bits per heavy atom. The average Bonchev–Trinajstić information content (AvgIpc) is 3.03. The second kappa shape index (κ2) is 4.98. The number of aromatic amines is 1. The largest absolute Gasteiger partial charge is 0.360 e. The first-order chi connectivity index (χ1) is 9.58. The summed E-state index contributed by atoms with van der Waals surface area (Å²) in [6.07, 6.45) is 1.53. The molecule has 0 saturated heterocycles. The van der Waals surface area contributed by atoms with Gasteiger partial charge in [0.1, 0.15) is 0 Å². The standard InChI is InChI=1S/C13H7IN2O3S/c14-11-4-7(6-20-11)13(17)8-5-15-9-2-1-3-10(12(8)9)16(18)19/h1-6,15H. The summed E-state index contributed by atoms with van der Waals surface area (Å²) in [5.41, 5.74) is 1.42. The monoisotopic (exact) mass is 398 g/mol. The van der Waals surface area contributed by atoms with Crippen LogP contribution in [0.2, 0.25) is 0 Å². The molecule has 0 unspecified atom stereocenters. The van der Waals surface area contributed by atoms with Gasteiger partial charge in [-0.2, -0.15) is 0 Å². The van der Waals surface area contributed by atoms with Gasteiger partial charge in [-0.15, -0.1) is 11.3 Å². The van der Waals surface area contributed by atoms with Crippen molar-refractivity contribution in [3.05, 3.63) is 60.0 Å². The number of benzene rings is 1. The third-order valence-electron chi connectivity index (χ3n) is 2.95. The molecule has 0 aliphatic carbocycles. The first kappa shape index (κ1) is 13.3. The van der Waals surface area contributed by atoms with Gasteiger partial charge >= 0.3 is 0 Å². The molecule has 0 saturated carbocycles. The van der Waals surface area contributed by atoms with Gasteiger partial charge in [-0.05, 0) is 34.7 Å². The normalized spacial score (nSPS) is 10.8. The van der Waals surface area contributed by atoms with Gasteiger partial charge < -0.3 is 4.98 Å². The van der Waals surface area contributed by atoms with Crippen LogP contribution < -0.4 is 0 Å². The quantitative estimate of drug-likeness (QED) is 0.314. The number of nitrogens with one attached hydrogen (secondary N) is 1. The molecule has 5 nitrogen and oxygen atoms in total. The van der Waals surface area contributed by atoms with Gasteiger partial charge in [0.25, 0.3) is 5.69 Å². The molecule has 0 spiro atoms. The molecule has 0 radical (unpaired) electrons. The van der Waals surface area contributed by atoms with E-state index in [1.807, 2.05) is 0 Å². The summed E-state index contributed by atoms with van der Waals surface area (Å²) in [5, 5.41) is 13.2. The molecule has 2 heterocycles. The maximum atomic E-state index is 12.5. The zero-order valence-electron chi connectivity index (χ0n) is 9.92. The third-order valence-corrected chi connectivity index (χ3v) is 4.74. The van der Waals surface area contributed by atoms with E-state index in [4.69, 9.17) is 0 Å². The lowest BCUT2D eigenvalue weighted by Crippen LogP contribution is -2.00. The summed E-state index contributed by atoms with van der Waals surface area (Å²) in [7, 11) is 0. The van der Waals surface area contributed by atoms with Crippen LogP contribution in [0.5, 0.6) is 0 Å². The molecule has 2 aromatic heterocycles. The minimum absolute atomic E-state index is 0.0583. The highest BCUT2D eigenvalue weighted by Crippen LogP contribution is 2.30. The number of ketones is 1. The van der Waals surface area contributed by atoms with Gasteiger partial charge in [0.05, 0.1) is 24.3 Å². The Bertz CT molecular complexity index is 837. The van der Waals surface area contributed by atoms with Crippen molar-refractivity contribution in [1.82, 2.24) is 4.98 Å². The van der Waals surface area contributed by atoms with Crippen molar-refractivity contribution < 1.29 is 9.72 Å². The van der Waals surface area contributed by atoms with Crippen molar-refractivity contribution >= 4 is 56.3 Å². The predicted molar refractivity (Wildman–Crippen MR) is 85.4 cm³/mol. The molecule has 1 aromatic carbocycles. The lowest BCUT2D eigenvalue weighted by Gasteiger charge is -1.98. The SMILES string of the molecule is O=C(c1csc(I)c1)c1c[nH]c2cccc([N+](=O)[O-])c12. The second-order valence-corrected chi connectivity index (χ2v) is 6.93. The molecule has 3 rings (SSSR count). The third kappa shape index (κ3) is 2.12. The molecule has 0 bridgehead atoms. The van der Waals surface area contributed by atoms with E-state index < -0.39 is 4.92 Å². The average molecular weight is 398 g/mol. The van der Waals surface area contributed by atoms with Gasteiger partial charge in [0, 0.05) is 23.2 Å². The zero-order valence-corrected chi connectivity index (χ0v) is 12.9. The number of rotatable bonds is 3. The molecule has 0 fully saturated rings. The van der Waals surface area contributed by atoms with Crippen LogP contribution in [0, 0.1) is 13.0 Å². The lowest BCUT2D eigenvalue weighted by atomic mass is 10.0. The van der Waals surface area contributed by atoms with Crippen molar-refractivity contribution in [2.45, 2.75) is 0 Å². The van der Waals surface area contributed by atoms with Crippen molar-refractivity contribution in [2.24, 2.45) is 0 Å². The number of aromatic nitrogens is 1. The summed E-state index contributed by atoms with van der Waals surface area (Å²) in [5.74, 6) is -0.204. The topological polar surface area (TPSA) is 76.0 Å². The van der Waals surface area contributed by atoms with Gasteiger partial charge in [-0.1, -0.05) is 6.07 Å². The number of carbonyl (C=O) groups excluding carboxylic acids is 1. The number of nitro benzene ring substituents is 1. The molecule has 0 aliphatic rings. The fraction of sp³-hybridized carbons (Fsp3) is 0. The van der Waals surface area contributed by atoms with E-state index in [0.29, 0.717) is 22.0 Å². The second-order valence-electron chi connectivity index (χ2n) is 4.13. The number of hydrogen-bond acceptors (Lipinski definition) is 4. The molecule has 20 heavy (non-hydrogen) atoms. The molecule has 7 heteroatoms. The number of halogens is 1. The number of nitrogens with zero attached hydrogens (tertiary/aromatic N) is 1. The van der Waals surface area contributed by atoms with Crippen LogP contribution in [0.25, 0.3) is 10.9 Å². The molecule has 0 atom stereocenters. The van der Waals surface area contributed by atoms with Gasteiger partial charge in [0.2, 0.25) is 0 Å². The maximum Gasteiger partial charge on any atom is 0.279 e. The van der Waals surface area contributed by atoms with Gasteiger partial charge in [0.15, 0.2) is 5.78 Å². The Morgan fingerprint density at radius 2 is 2.20 bits per heavy atom. The van der Waals surface area contributed by atoms with Gasteiger partial charge in [-0.3, -0.25) is 14.9 Å². The molecule has 0 amide bonds. The van der Waals surface area contributed by atoms with Crippen LogP contribution in [0.1, 0.15) is 15.9 Å². The zero-order chi connectivity index (χ0) is 14.3. The minimum atomic E-state index is -0.468. The molecule has 1 N–H and O–H groups in total. The summed E-state index contributed by atoms with van der Waals surface area (Å²) >= 11 is 3.61. The maximum absolute atomic E-state index is 12.5. The predicted octanol–water partition coefficient (Wildman–Crippen LogP) is 3.97. The highest BCUT2D eigenvalue weighted by molar-refractivity contribution is 14.1. The van der Waals surface area contributed by atoms with Crippen molar-refractivity contribution in [3.8, 4) is 0 Å². The van der Waals surface area contributed by atoms with Crippen LogP contribution in [0.4, 0.5) is 5.69 Å². The first-order valence-electron chi connectivity index (χ1n) is 5.61. The van der Waals surface area contributed by atoms with Crippen molar-refractivity contribution in [1.29, 1.82) is 0 Å². The molecular weight excluding hydrogens is 391 g/mol. The van der Waals surface area contributed by atoms with E-state index in [-0.39, 0.29) is 11.5 Å². The summed E-state index contributed by atoms with van der Waals surface area (Å²) < 4.78 is 1.00. The molecule has 100 valence electrons. The Kier molecular flexibility index (Phi) is 3.30. The number of thiophene rings is 1. The lowest BCUT2D eigenvalue weighted by molar-refractivity contribution is -0.383. The number of nitro groups is 1. The molecular formula is C13H7IN2O3S. The van der Waals surface area contributed by atoms with E-state index in [2.05, 4.69) is 27.6 Å². The Balaban J connectivity index is 2.22. The summed E-state index contributed by atoms with van der Waals surface area (Å²) in [6.45, 7) is 0. The first-order valence-corrected chi connectivity index (χ1v) is 7.57. The summed E-state index contributed by atoms with van der Waals surface area (Å²) in [6, 6.07) is 6.50. The van der Waals surface area contributed by atoms with E-state index in [0.717, 1.165) is 2.88 Å². The summed E-state index contributed by atoms with van der Waals surface area (Å²) in [4.78, 5) is 26.0. The highest BCUT2D eigenvalue weighted by atomic mass is 127. The van der Waals surface area contributed by atoms with Gasteiger partial charge in [-0.25, -0.2) is 0 Å². The highest BCUT2D eigenvalue weighted by Gasteiger charge is 2.22. The van der Waals surface area contributed by atoms with E-state index in [1.165, 1.54) is 23.6 Å². The number of non-ortho nitro benzene ring substituents is 1. The smallest absolute Gasteiger partial charge is 0.279 e. The minimum Gasteiger partial charge on any atom is -0.360 e. The number of hydrogen-bond donors (Lipinski definition) is 1. The number of carbonyl (C=O) groups is 1. The fourth-order valence-electron chi connectivity index (χ4n) is 2.08. The number of fused-ring (bicyclic) bond motifs is 1. The van der Waals surface area contributed by atoms with Crippen LogP contribution in [-0.4, -0.2) is 15.7 Å². The fourth-order valence-corrected chi connectivity index (χ4v) is 3.41. The van der Waals surface area contributed by atoms with E-state index in [9.17, 15) is 14.9 Å². The molecule has 3 aromatic rings.